The van der Waals surface area contributed by atoms with E-state index in [-0.39, 0.29) is 19.6 Å². The molecule has 0 saturated heterocycles. The monoisotopic (exact) mass is 344 g/mol. The van der Waals surface area contributed by atoms with Crippen LogP contribution < -0.4 is 4.74 Å². The van der Waals surface area contributed by atoms with E-state index in [2.05, 4.69) is 0 Å². The molecule has 0 N–H and O–H groups in total. The molecule has 0 saturated carbocycles. The molecule has 25 heavy (non-hydrogen) atoms. The summed E-state index contributed by atoms with van der Waals surface area (Å²) in [6.07, 6.45) is 0.171. The van der Waals surface area contributed by atoms with Crippen molar-refractivity contribution < 1.29 is 23.8 Å². The summed E-state index contributed by atoms with van der Waals surface area (Å²) in [6, 6.07) is 9.97. The van der Waals surface area contributed by atoms with Crippen molar-refractivity contribution in [2.45, 2.75) is 20.3 Å². The van der Waals surface area contributed by atoms with Crippen LogP contribution in [0.1, 0.15) is 30.6 Å². The number of hydrogen-bond donors (Lipinski definition) is 0. The van der Waals surface area contributed by atoms with Gasteiger partial charge in [-0.2, -0.15) is 10.5 Å². The first kappa shape index (κ1) is 20.0. The lowest BCUT2D eigenvalue weighted by molar-refractivity contribution is -0.149. The molecule has 7 nitrogen and oxygen atoms in total. The lowest BCUT2D eigenvalue weighted by Crippen LogP contribution is -2.26. The molecule has 7 heteroatoms. The van der Waals surface area contributed by atoms with Crippen LogP contribution >= 0.6 is 0 Å². The molecule has 1 rings (SSSR count). The van der Waals surface area contributed by atoms with Gasteiger partial charge in [-0.15, -0.1) is 0 Å². The van der Waals surface area contributed by atoms with Gasteiger partial charge in [0.15, 0.2) is 0 Å². The summed E-state index contributed by atoms with van der Waals surface area (Å²) in [5, 5.41) is 18.0. The van der Waals surface area contributed by atoms with Crippen molar-refractivity contribution in [3.8, 4) is 17.9 Å². The zero-order valence-corrected chi connectivity index (χ0v) is 14.2. The first-order valence-corrected chi connectivity index (χ1v) is 7.93. The van der Waals surface area contributed by atoms with Crippen LogP contribution in [0.3, 0.4) is 0 Å². The molecular weight excluding hydrogens is 324 g/mol. The van der Waals surface area contributed by atoms with E-state index in [1.807, 2.05) is 0 Å². The van der Waals surface area contributed by atoms with Crippen molar-refractivity contribution in [2.75, 3.05) is 19.8 Å². The fourth-order valence-electron chi connectivity index (χ4n) is 2.08. The van der Waals surface area contributed by atoms with Crippen molar-refractivity contribution in [2.24, 2.45) is 11.8 Å². The van der Waals surface area contributed by atoms with E-state index in [0.717, 1.165) is 0 Å². The number of carbonyl (C=O) groups excluding carboxylic acids is 2. The highest BCUT2D eigenvalue weighted by Gasteiger charge is 2.29. The second-order valence-corrected chi connectivity index (χ2v) is 4.98. The van der Waals surface area contributed by atoms with Gasteiger partial charge in [-0.3, -0.25) is 4.79 Å². The van der Waals surface area contributed by atoms with Gasteiger partial charge < -0.3 is 14.2 Å². The smallest absolute Gasteiger partial charge is 0.338 e. The minimum absolute atomic E-state index is 0.127. The zero-order valence-electron chi connectivity index (χ0n) is 14.2. The highest BCUT2D eigenvalue weighted by atomic mass is 16.5. The molecule has 0 fully saturated rings. The summed E-state index contributed by atoms with van der Waals surface area (Å²) in [7, 11) is 0. The topological polar surface area (TPSA) is 109 Å². The number of nitriles is 2. The molecule has 0 heterocycles. The van der Waals surface area contributed by atoms with Crippen LogP contribution in [0.15, 0.2) is 24.3 Å². The predicted molar refractivity (Wildman–Crippen MR) is 87.3 cm³/mol. The number of carbonyl (C=O) groups is 2. The quantitative estimate of drug-likeness (QED) is 0.633. The van der Waals surface area contributed by atoms with Crippen molar-refractivity contribution in [3.05, 3.63) is 29.8 Å². The lowest BCUT2D eigenvalue weighted by atomic mass is 9.92. The summed E-state index contributed by atoms with van der Waals surface area (Å²) in [6.45, 7) is 3.98. The van der Waals surface area contributed by atoms with E-state index in [0.29, 0.717) is 17.9 Å². The van der Waals surface area contributed by atoms with Crippen LogP contribution in [-0.4, -0.2) is 31.8 Å². The molecule has 1 aromatic carbocycles. The molecule has 0 aliphatic heterocycles. The van der Waals surface area contributed by atoms with E-state index < -0.39 is 23.8 Å². The van der Waals surface area contributed by atoms with E-state index in [4.69, 9.17) is 24.7 Å². The molecule has 0 radical (unpaired) electrons. The third-order valence-electron chi connectivity index (χ3n) is 3.33. The summed E-state index contributed by atoms with van der Waals surface area (Å²) in [4.78, 5) is 23.5. The molecule has 0 aliphatic carbocycles. The minimum Gasteiger partial charge on any atom is -0.494 e. The Labute approximate surface area is 146 Å². The molecule has 1 aromatic rings. The second-order valence-electron chi connectivity index (χ2n) is 4.98. The van der Waals surface area contributed by atoms with Gasteiger partial charge in [-0.05, 0) is 44.5 Å². The summed E-state index contributed by atoms with van der Waals surface area (Å²) >= 11 is 0. The highest BCUT2D eigenvalue weighted by molar-refractivity contribution is 5.89. The largest absolute Gasteiger partial charge is 0.494 e. The maximum Gasteiger partial charge on any atom is 0.338 e. The van der Waals surface area contributed by atoms with Gasteiger partial charge in [0, 0.05) is 0 Å². The third-order valence-corrected chi connectivity index (χ3v) is 3.33. The van der Waals surface area contributed by atoms with Crippen molar-refractivity contribution in [1.82, 2.24) is 0 Å². The molecule has 132 valence electrons. The Bertz CT molecular complexity index is 644. The Balaban J connectivity index is 2.63. The van der Waals surface area contributed by atoms with Crippen LogP contribution in [0.25, 0.3) is 0 Å². The Morgan fingerprint density at radius 1 is 1.04 bits per heavy atom. The predicted octanol–water partition coefficient (Wildman–Crippen LogP) is 2.47. The Morgan fingerprint density at radius 2 is 1.64 bits per heavy atom. The van der Waals surface area contributed by atoms with E-state index in [1.54, 1.807) is 50.3 Å². The summed E-state index contributed by atoms with van der Waals surface area (Å²) in [5.41, 5.74) is 0.410. The number of rotatable bonds is 9. The van der Waals surface area contributed by atoms with E-state index in [1.165, 1.54) is 0 Å². The Morgan fingerprint density at radius 3 is 2.16 bits per heavy atom. The molecule has 0 aliphatic rings. The van der Waals surface area contributed by atoms with Crippen LogP contribution in [-0.2, 0) is 14.3 Å². The minimum atomic E-state index is -1.09. The molecule has 1 unspecified atom stereocenters. The van der Waals surface area contributed by atoms with E-state index >= 15 is 0 Å². The SMILES string of the molecule is CCOC(=O)c1ccc(OCCC(C(=O)OCC)C(C#N)C#N)cc1. The van der Waals surface area contributed by atoms with Crippen LogP contribution in [0.2, 0.25) is 0 Å². The second kappa shape index (κ2) is 10.7. The first-order valence-electron chi connectivity index (χ1n) is 7.93. The number of esters is 2. The fourth-order valence-corrected chi connectivity index (χ4v) is 2.08. The van der Waals surface area contributed by atoms with Gasteiger partial charge in [0.05, 0.1) is 43.4 Å². The lowest BCUT2D eigenvalue weighted by Gasteiger charge is -2.16. The molecule has 0 bridgehead atoms. The molecule has 0 aromatic heterocycles. The van der Waals surface area contributed by atoms with Crippen molar-refractivity contribution in [3.63, 3.8) is 0 Å². The Hall–Kier alpha value is -3.06. The van der Waals surface area contributed by atoms with Crippen molar-refractivity contribution >= 4 is 11.9 Å². The van der Waals surface area contributed by atoms with Gasteiger partial charge in [0.2, 0.25) is 0 Å². The zero-order chi connectivity index (χ0) is 18.7. The van der Waals surface area contributed by atoms with Crippen LogP contribution in [0.4, 0.5) is 0 Å². The van der Waals surface area contributed by atoms with Crippen molar-refractivity contribution in [1.29, 1.82) is 10.5 Å². The van der Waals surface area contributed by atoms with Gasteiger partial charge in [0.1, 0.15) is 11.7 Å². The normalized spacial score (nSPS) is 11.1. The standard InChI is InChI=1S/C18H20N2O5/c1-3-23-17(21)13-5-7-15(8-6-13)25-10-9-16(14(11-19)12-20)18(22)24-4-2/h5-8,14,16H,3-4,9-10H2,1-2H3. The number of benzene rings is 1. The highest BCUT2D eigenvalue weighted by Crippen LogP contribution is 2.19. The fraction of sp³-hybridized carbons (Fsp3) is 0.444. The molecule has 1 atom stereocenters. The summed E-state index contributed by atoms with van der Waals surface area (Å²) < 4.78 is 15.3. The third kappa shape index (κ3) is 6.15. The average Bonchev–Trinajstić information content (AvgIpc) is 2.62. The summed E-state index contributed by atoms with van der Waals surface area (Å²) in [5.74, 6) is -2.46. The number of hydrogen-bond acceptors (Lipinski definition) is 7. The number of ether oxygens (including phenoxy) is 3. The van der Waals surface area contributed by atoms with Gasteiger partial charge in [-0.1, -0.05) is 0 Å². The average molecular weight is 344 g/mol. The first-order chi connectivity index (χ1) is 12.1. The maximum absolute atomic E-state index is 11.9. The van der Waals surface area contributed by atoms with Crippen LogP contribution in [0.5, 0.6) is 5.75 Å². The molecule has 0 amide bonds. The molecule has 0 spiro atoms. The maximum atomic E-state index is 11.9. The molecular formula is C18H20N2O5. The van der Waals surface area contributed by atoms with Gasteiger partial charge in [-0.25, -0.2) is 4.79 Å². The van der Waals surface area contributed by atoms with Crippen LogP contribution in [0, 0.1) is 34.5 Å². The van der Waals surface area contributed by atoms with Gasteiger partial charge in [0.25, 0.3) is 0 Å². The van der Waals surface area contributed by atoms with Gasteiger partial charge >= 0.3 is 11.9 Å². The van der Waals surface area contributed by atoms with E-state index in [9.17, 15) is 9.59 Å². The Kier molecular flexibility index (Phi) is 8.53. The number of nitrogens with zero attached hydrogens (tertiary/aromatic N) is 2.